The van der Waals surface area contributed by atoms with Gasteiger partial charge in [-0.25, -0.2) is 0 Å². The second-order valence-electron chi connectivity index (χ2n) is 7.82. The predicted molar refractivity (Wildman–Crippen MR) is 146 cm³/mol. The molecule has 4 N–H and O–H groups in total. The summed E-state index contributed by atoms with van der Waals surface area (Å²) in [6, 6.07) is 21.1. The first kappa shape index (κ1) is 28.2. The lowest BCUT2D eigenvalue weighted by Gasteiger charge is -2.14. The van der Waals surface area contributed by atoms with Crippen molar-refractivity contribution in [3.05, 3.63) is 95.2 Å². The number of methoxy groups -OCH3 is 1. The number of hydrogen-bond donors (Lipinski definition) is 3. The van der Waals surface area contributed by atoms with Gasteiger partial charge in [0.1, 0.15) is 11.5 Å². The molecule has 0 unspecified atom stereocenters. The van der Waals surface area contributed by atoms with Gasteiger partial charge in [0.05, 0.1) is 18.8 Å². The predicted octanol–water partition coefficient (Wildman–Crippen LogP) is 4.97. The molecular formula is C30H34N2O4. The first-order valence-corrected chi connectivity index (χ1v) is 11.6. The van der Waals surface area contributed by atoms with Gasteiger partial charge in [-0.15, -0.1) is 0 Å². The van der Waals surface area contributed by atoms with Crippen LogP contribution in [0.1, 0.15) is 40.9 Å². The Morgan fingerprint density at radius 2 is 1.61 bits per heavy atom. The lowest BCUT2D eigenvalue weighted by atomic mass is 9.99. The number of fused-ring (bicyclic) bond motifs is 1. The molecule has 0 bridgehead atoms. The summed E-state index contributed by atoms with van der Waals surface area (Å²) in [6.07, 6.45) is 2.15. The van der Waals surface area contributed by atoms with Crippen LogP contribution in [0.5, 0.6) is 11.5 Å². The van der Waals surface area contributed by atoms with E-state index in [1.54, 1.807) is 7.11 Å². The zero-order chi connectivity index (χ0) is 26.5. The third-order valence-corrected chi connectivity index (χ3v) is 5.11. The van der Waals surface area contributed by atoms with Gasteiger partial charge in [0.25, 0.3) is 0 Å². The lowest BCUT2D eigenvalue weighted by molar-refractivity contribution is 0.0987. The topological polar surface area (TPSA) is 97.6 Å². The number of H-pyrrole nitrogens is 1. The van der Waals surface area contributed by atoms with Crippen molar-refractivity contribution in [1.82, 2.24) is 4.98 Å². The van der Waals surface area contributed by atoms with Gasteiger partial charge in [-0.2, -0.15) is 0 Å². The van der Waals surface area contributed by atoms with Crippen molar-refractivity contribution in [2.45, 2.75) is 26.4 Å². The molecule has 0 aliphatic carbocycles. The molecule has 0 fully saturated rings. The van der Waals surface area contributed by atoms with Crippen LogP contribution in [0, 0.1) is 11.8 Å². The minimum atomic E-state index is -0.0362. The van der Waals surface area contributed by atoms with Crippen LogP contribution in [-0.4, -0.2) is 43.2 Å². The molecular weight excluding hydrogens is 452 g/mol. The molecule has 0 saturated carbocycles. The van der Waals surface area contributed by atoms with Crippen molar-refractivity contribution in [3.8, 4) is 23.3 Å². The standard InChI is InChI=1S/C28H25NO3.CH5N.CH4O/c1-19(2)32-28-15-12-21(9-8-20-10-13-23(31-3)14-11-20)16-25(28)27(30)17-22-18-29-26-7-5-4-6-24(22)26;2*1-2/h4-7,10-16,18-19,29H,17H2,1-3H3;2H2,1H3;2H,1H3. The quantitative estimate of drug-likeness (QED) is 0.264. The molecule has 0 spiro atoms. The second-order valence-corrected chi connectivity index (χ2v) is 7.82. The monoisotopic (exact) mass is 486 g/mol. The maximum absolute atomic E-state index is 13.3. The van der Waals surface area contributed by atoms with Crippen molar-refractivity contribution in [3.63, 3.8) is 0 Å². The molecule has 0 amide bonds. The Hall–Kier alpha value is -4.05. The fourth-order valence-corrected chi connectivity index (χ4v) is 3.55. The summed E-state index contributed by atoms with van der Waals surface area (Å²) >= 11 is 0. The third kappa shape index (κ3) is 7.47. The number of nitrogens with one attached hydrogen (secondary N) is 1. The highest BCUT2D eigenvalue weighted by atomic mass is 16.5. The average molecular weight is 487 g/mol. The molecule has 1 aromatic heterocycles. The molecule has 4 aromatic rings. The molecule has 0 radical (unpaired) electrons. The minimum absolute atomic E-state index is 0.00139. The highest BCUT2D eigenvalue weighted by molar-refractivity contribution is 6.02. The molecule has 36 heavy (non-hydrogen) atoms. The van der Waals surface area contributed by atoms with E-state index in [4.69, 9.17) is 14.6 Å². The van der Waals surface area contributed by atoms with E-state index in [-0.39, 0.29) is 18.3 Å². The molecule has 4 rings (SSSR count). The van der Waals surface area contributed by atoms with Crippen LogP contribution in [0.15, 0.2) is 72.9 Å². The van der Waals surface area contributed by atoms with Crippen LogP contribution < -0.4 is 15.2 Å². The first-order chi connectivity index (χ1) is 17.5. The van der Waals surface area contributed by atoms with Crippen molar-refractivity contribution in [2.24, 2.45) is 5.73 Å². The van der Waals surface area contributed by atoms with Crippen molar-refractivity contribution < 1.29 is 19.4 Å². The Labute approximate surface area is 213 Å². The Kier molecular flexibility index (Phi) is 11.3. The lowest BCUT2D eigenvalue weighted by Crippen LogP contribution is -2.11. The average Bonchev–Trinajstić information content (AvgIpc) is 3.33. The van der Waals surface area contributed by atoms with E-state index in [0.717, 1.165) is 40.5 Å². The van der Waals surface area contributed by atoms with E-state index in [1.165, 1.54) is 7.05 Å². The SMILES string of the molecule is CN.CO.COc1ccc(C#Cc2ccc(OC(C)C)c(C(=O)Cc3c[nH]c4ccccc34)c2)cc1. The van der Waals surface area contributed by atoms with Gasteiger partial charge < -0.3 is 25.3 Å². The number of rotatable bonds is 6. The summed E-state index contributed by atoms with van der Waals surface area (Å²) in [6.45, 7) is 3.90. The van der Waals surface area contributed by atoms with E-state index in [2.05, 4.69) is 22.6 Å². The molecule has 188 valence electrons. The number of aliphatic hydroxyl groups excluding tert-OH is 1. The normalized spacial score (nSPS) is 9.78. The number of aromatic amines is 1. The van der Waals surface area contributed by atoms with Gasteiger partial charge in [-0.1, -0.05) is 30.0 Å². The summed E-state index contributed by atoms with van der Waals surface area (Å²) in [5, 5.41) is 8.06. The maximum atomic E-state index is 13.3. The molecule has 6 nitrogen and oxygen atoms in total. The van der Waals surface area contributed by atoms with Gasteiger partial charge in [0.2, 0.25) is 0 Å². The largest absolute Gasteiger partial charge is 0.497 e. The van der Waals surface area contributed by atoms with Crippen LogP contribution >= 0.6 is 0 Å². The molecule has 1 heterocycles. The number of benzene rings is 3. The van der Waals surface area contributed by atoms with Gasteiger partial charge in [0, 0.05) is 41.8 Å². The second kappa shape index (κ2) is 14.4. The van der Waals surface area contributed by atoms with E-state index < -0.39 is 0 Å². The van der Waals surface area contributed by atoms with E-state index in [1.807, 2.05) is 86.8 Å². The molecule has 0 aliphatic rings. The summed E-state index contributed by atoms with van der Waals surface area (Å²) in [5.41, 5.74) is 8.67. The number of para-hydroxylation sites is 1. The van der Waals surface area contributed by atoms with Crippen LogP contribution in [0.4, 0.5) is 0 Å². The Morgan fingerprint density at radius 1 is 0.972 bits per heavy atom. The summed E-state index contributed by atoms with van der Waals surface area (Å²) in [4.78, 5) is 16.5. The number of ether oxygens (including phenoxy) is 2. The number of Topliss-reactive ketones (excluding diaryl/α,β-unsaturated/α-hetero) is 1. The Bertz CT molecular complexity index is 1310. The highest BCUT2D eigenvalue weighted by Crippen LogP contribution is 2.25. The smallest absolute Gasteiger partial charge is 0.171 e. The van der Waals surface area contributed by atoms with E-state index >= 15 is 0 Å². The highest BCUT2D eigenvalue weighted by Gasteiger charge is 2.17. The molecule has 0 aliphatic heterocycles. The molecule has 6 heteroatoms. The van der Waals surface area contributed by atoms with Crippen LogP contribution in [0.25, 0.3) is 10.9 Å². The zero-order valence-electron chi connectivity index (χ0n) is 21.5. The number of ketones is 1. The first-order valence-electron chi connectivity index (χ1n) is 11.6. The molecule has 0 atom stereocenters. The summed E-state index contributed by atoms with van der Waals surface area (Å²) in [5.74, 6) is 7.67. The number of carbonyl (C=O) groups is 1. The molecule has 3 aromatic carbocycles. The number of aliphatic hydroxyl groups is 1. The van der Waals surface area contributed by atoms with Gasteiger partial charge in [-0.05, 0) is 75.0 Å². The third-order valence-electron chi connectivity index (χ3n) is 5.11. The van der Waals surface area contributed by atoms with Gasteiger partial charge >= 0.3 is 0 Å². The Morgan fingerprint density at radius 3 is 2.28 bits per heavy atom. The molecule has 0 saturated heterocycles. The van der Waals surface area contributed by atoms with Crippen molar-refractivity contribution in [1.29, 1.82) is 0 Å². The van der Waals surface area contributed by atoms with Crippen molar-refractivity contribution in [2.75, 3.05) is 21.3 Å². The zero-order valence-corrected chi connectivity index (χ0v) is 21.5. The van der Waals surface area contributed by atoms with E-state index in [9.17, 15) is 4.79 Å². The Balaban J connectivity index is 0.00000109. The number of carbonyl (C=O) groups excluding carboxylic acids is 1. The van der Waals surface area contributed by atoms with Crippen LogP contribution in [0.3, 0.4) is 0 Å². The fourth-order valence-electron chi connectivity index (χ4n) is 3.55. The van der Waals surface area contributed by atoms with Crippen molar-refractivity contribution >= 4 is 16.7 Å². The van der Waals surface area contributed by atoms with Gasteiger partial charge in [-0.3, -0.25) is 4.79 Å². The number of aromatic nitrogens is 1. The fraction of sp³-hybridized carbons (Fsp3) is 0.233. The van der Waals surface area contributed by atoms with Gasteiger partial charge in [0.15, 0.2) is 5.78 Å². The number of hydrogen-bond acceptors (Lipinski definition) is 5. The minimum Gasteiger partial charge on any atom is -0.497 e. The van der Waals surface area contributed by atoms with Crippen LogP contribution in [-0.2, 0) is 6.42 Å². The number of nitrogens with two attached hydrogens (primary N) is 1. The maximum Gasteiger partial charge on any atom is 0.171 e. The summed E-state index contributed by atoms with van der Waals surface area (Å²) < 4.78 is 11.1. The summed E-state index contributed by atoms with van der Waals surface area (Å²) in [7, 11) is 4.14. The van der Waals surface area contributed by atoms with E-state index in [0.29, 0.717) is 11.3 Å². The van der Waals surface area contributed by atoms with Crippen LogP contribution in [0.2, 0.25) is 0 Å².